The van der Waals surface area contributed by atoms with Crippen LogP contribution in [-0.2, 0) is 9.39 Å². The highest BCUT2D eigenvalue weighted by atomic mass is 16.7. The zero-order chi connectivity index (χ0) is 16.3. The summed E-state index contributed by atoms with van der Waals surface area (Å²) in [5.41, 5.74) is -0.507. The van der Waals surface area contributed by atoms with Gasteiger partial charge < -0.3 is 24.3 Å². The smallest absolute Gasteiger partial charge is 0.468 e. The van der Waals surface area contributed by atoms with Crippen molar-refractivity contribution in [3.63, 3.8) is 0 Å². The molecule has 0 spiro atoms. The molecule has 21 heavy (non-hydrogen) atoms. The molecule has 0 aliphatic heterocycles. The van der Waals surface area contributed by atoms with Gasteiger partial charge >= 0.3 is 7.12 Å². The number of hydrogen-bond acceptors (Lipinski definition) is 5. The van der Waals surface area contributed by atoms with Crippen molar-refractivity contribution in [3.8, 4) is 5.75 Å². The Labute approximate surface area is 127 Å². The molecule has 0 saturated carbocycles. The molecule has 0 fully saturated rings. The van der Waals surface area contributed by atoms with Crippen molar-refractivity contribution in [2.45, 2.75) is 45.8 Å². The fraction of sp³-hybridized carbons (Fsp3) is 0.600. The van der Waals surface area contributed by atoms with Crippen molar-refractivity contribution in [1.29, 1.82) is 0 Å². The van der Waals surface area contributed by atoms with Crippen LogP contribution in [-0.4, -0.2) is 42.4 Å². The first kappa shape index (κ1) is 18.0. The summed E-state index contributed by atoms with van der Waals surface area (Å²) in [7, 11) is 0.431. The Bertz CT molecular complexity index is 468. The predicted octanol–water partition coefficient (Wildman–Crippen LogP) is 1.23. The molecule has 0 aliphatic carbocycles. The van der Waals surface area contributed by atoms with Gasteiger partial charge in [-0.1, -0.05) is 6.07 Å². The monoisotopic (exact) mass is 296 g/mol. The number of benzene rings is 1. The van der Waals surface area contributed by atoms with Crippen LogP contribution in [0.15, 0.2) is 18.2 Å². The van der Waals surface area contributed by atoms with Crippen LogP contribution >= 0.6 is 0 Å². The lowest BCUT2D eigenvalue weighted by molar-refractivity contribution is -0.0982. The van der Waals surface area contributed by atoms with Gasteiger partial charge in [0.1, 0.15) is 5.75 Å². The van der Waals surface area contributed by atoms with E-state index >= 15 is 0 Å². The van der Waals surface area contributed by atoms with Gasteiger partial charge in [0, 0.05) is 7.11 Å². The van der Waals surface area contributed by atoms with Crippen molar-refractivity contribution in [3.05, 3.63) is 23.8 Å². The minimum atomic E-state index is -1.12. The van der Waals surface area contributed by atoms with Crippen molar-refractivity contribution in [2.75, 3.05) is 13.9 Å². The van der Waals surface area contributed by atoms with Crippen molar-refractivity contribution >= 4 is 12.6 Å². The molecule has 5 nitrogen and oxygen atoms in total. The summed E-state index contributed by atoms with van der Waals surface area (Å²) < 4.78 is 15.8. The van der Waals surface area contributed by atoms with Gasteiger partial charge in [0.15, 0.2) is 6.79 Å². The summed E-state index contributed by atoms with van der Waals surface area (Å²) in [5, 5.41) is 20.4. The van der Waals surface area contributed by atoms with Crippen LogP contribution in [0.1, 0.15) is 33.3 Å². The van der Waals surface area contributed by atoms with Crippen LogP contribution in [0.3, 0.4) is 0 Å². The summed E-state index contributed by atoms with van der Waals surface area (Å²) in [5.74, 6) is 0.659. The molecule has 0 saturated heterocycles. The van der Waals surface area contributed by atoms with Crippen molar-refractivity contribution in [1.82, 2.24) is 0 Å². The van der Waals surface area contributed by atoms with Gasteiger partial charge in [0.25, 0.3) is 0 Å². The standard InChI is InChI=1S/C15H25BO5/c1-11-9-12(20-10-19-6)7-8-13(11)16(18)21-15(4,5)14(2,3)17/h7-9,17-18H,10H2,1-6H3. The van der Waals surface area contributed by atoms with Gasteiger partial charge in [0.05, 0.1) is 11.2 Å². The Hall–Kier alpha value is -1.08. The van der Waals surface area contributed by atoms with E-state index in [0.29, 0.717) is 11.2 Å². The van der Waals surface area contributed by atoms with Crippen molar-refractivity contribution < 1.29 is 24.3 Å². The normalized spacial score (nSPS) is 12.4. The van der Waals surface area contributed by atoms with Crippen molar-refractivity contribution in [2.24, 2.45) is 0 Å². The maximum atomic E-state index is 10.3. The van der Waals surface area contributed by atoms with Gasteiger partial charge in [-0.25, -0.2) is 0 Å². The van der Waals surface area contributed by atoms with E-state index in [-0.39, 0.29) is 6.79 Å². The minimum absolute atomic E-state index is 0.170. The Kier molecular flexibility index (Phi) is 5.81. The maximum Gasteiger partial charge on any atom is 0.491 e. The van der Waals surface area contributed by atoms with Gasteiger partial charge in [-0.2, -0.15) is 0 Å². The van der Waals surface area contributed by atoms with E-state index < -0.39 is 18.3 Å². The van der Waals surface area contributed by atoms with E-state index in [4.69, 9.17) is 14.1 Å². The highest BCUT2D eigenvalue weighted by Gasteiger charge is 2.39. The Balaban J connectivity index is 2.86. The van der Waals surface area contributed by atoms with E-state index in [2.05, 4.69) is 0 Å². The molecule has 0 radical (unpaired) electrons. The van der Waals surface area contributed by atoms with E-state index in [9.17, 15) is 10.1 Å². The Morgan fingerprint density at radius 2 is 1.81 bits per heavy atom. The Morgan fingerprint density at radius 1 is 1.19 bits per heavy atom. The molecular weight excluding hydrogens is 271 g/mol. The average Bonchev–Trinajstić information content (AvgIpc) is 2.34. The third kappa shape index (κ3) is 4.71. The molecule has 0 aliphatic rings. The predicted molar refractivity (Wildman–Crippen MR) is 82.8 cm³/mol. The molecule has 1 aromatic carbocycles. The second kappa shape index (κ2) is 6.79. The van der Waals surface area contributed by atoms with E-state index in [1.807, 2.05) is 6.92 Å². The van der Waals surface area contributed by atoms with E-state index in [1.54, 1.807) is 53.0 Å². The highest BCUT2D eigenvalue weighted by molar-refractivity contribution is 6.60. The third-order valence-electron chi connectivity index (χ3n) is 3.73. The molecule has 2 N–H and O–H groups in total. The number of hydrogen-bond donors (Lipinski definition) is 2. The van der Waals surface area contributed by atoms with Gasteiger partial charge in [0.2, 0.25) is 0 Å². The molecule has 0 bridgehead atoms. The van der Waals surface area contributed by atoms with Crippen LogP contribution in [0.4, 0.5) is 0 Å². The number of aryl methyl sites for hydroxylation is 1. The first-order valence-electron chi connectivity index (χ1n) is 6.89. The summed E-state index contributed by atoms with van der Waals surface area (Å²) in [4.78, 5) is 0. The first-order valence-corrected chi connectivity index (χ1v) is 6.89. The largest absolute Gasteiger partial charge is 0.491 e. The fourth-order valence-corrected chi connectivity index (χ4v) is 1.63. The molecule has 0 atom stereocenters. The van der Waals surface area contributed by atoms with Gasteiger partial charge in [-0.05, 0) is 57.8 Å². The summed E-state index contributed by atoms with van der Waals surface area (Å²) in [6.07, 6.45) is 0. The summed E-state index contributed by atoms with van der Waals surface area (Å²) in [6, 6.07) is 5.29. The average molecular weight is 296 g/mol. The summed E-state index contributed by atoms with van der Waals surface area (Å²) in [6.45, 7) is 8.80. The quantitative estimate of drug-likeness (QED) is 0.585. The number of rotatable bonds is 7. The molecule has 118 valence electrons. The molecule has 1 rings (SSSR count). The first-order chi connectivity index (χ1) is 9.58. The fourth-order valence-electron chi connectivity index (χ4n) is 1.63. The molecular formula is C15H25BO5. The molecule has 0 amide bonds. The maximum absolute atomic E-state index is 10.3. The van der Waals surface area contributed by atoms with E-state index in [1.165, 1.54) is 0 Å². The lowest BCUT2D eigenvalue weighted by atomic mass is 9.74. The third-order valence-corrected chi connectivity index (χ3v) is 3.73. The molecule has 6 heteroatoms. The molecule has 1 aromatic rings. The topological polar surface area (TPSA) is 68.2 Å². The second-order valence-corrected chi connectivity index (χ2v) is 6.11. The van der Waals surface area contributed by atoms with Crippen LogP contribution in [0.2, 0.25) is 0 Å². The molecule has 0 aromatic heterocycles. The van der Waals surface area contributed by atoms with Crippen LogP contribution in [0.25, 0.3) is 0 Å². The van der Waals surface area contributed by atoms with Gasteiger partial charge in [-0.15, -0.1) is 0 Å². The number of aliphatic hydroxyl groups is 1. The SMILES string of the molecule is COCOc1ccc(B(O)OC(C)(C)C(C)(C)O)c(C)c1. The minimum Gasteiger partial charge on any atom is -0.468 e. The van der Waals surface area contributed by atoms with Gasteiger partial charge in [-0.3, -0.25) is 0 Å². The molecule has 0 unspecified atom stereocenters. The lowest BCUT2D eigenvalue weighted by Gasteiger charge is -2.38. The van der Waals surface area contributed by atoms with E-state index in [0.717, 1.165) is 5.56 Å². The second-order valence-electron chi connectivity index (χ2n) is 6.11. The zero-order valence-corrected chi connectivity index (χ0v) is 13.6. The summed E-state index contributed by atoms with van der Waals surface area (Å²) >= 11 is 0. The van der Waals surface area contributed by atoms with Crippen LogP contribution in [0.5, 0.6) is 5.75 Å². The lowest BCUT2D eigenvalue weighted by Crippen LogP contribution is -2.53. The van der Waals surface area contributed by atoms with Crippen LogP contribution in [0, 0.1) is 6.92 Å². The Morgan fingerprint density at radius 3 is 2.29 bits per heavy atom. The number of ether oxygens (including phenoxy) is 2. The van der Waals surface area contributed by atoms with Crippen LogP contribution < -0.4 is 10.2 Å². The molecule has 0 heterocycles. The highest BCUT2D eigenvalue weighted by Crippen LogP contribution is 2.25. The number of methoxy groups -OCH3 is 1. The zero-order valence-electron chi connectivity index (χ0n) is 13.6.